The number of nitrogens with one attached hydrogen (secondary N) is 1. The van der Waals surface area contributed by atoms with Gasteiger partial charge in [0.25, 0.3) is 0 Å². The van der Waals surface area contributed by atoms with Crippen LogP contribution in [0.1, 0.15) is 17.4 Å². The van der Waals surface area contributed by atoms with Crippen molar-refractivity contribution in [2.45, 2.75) is 11.8 Å². The molecule has 0 amide bonds. The number of alkyl halides is 1. The molecule has 5 heteroatoms. The molecule has 1 N–H and O–H groups in total. The van der Waals surface area contributed by atoms with Crippen LogP contribution >= 0.6 is 11.6 Å². The van der Waals surface area contributed by atoms with E-state index in [0.29, 0.717) is 19.5 Å². The van der Waals surface area contributed by atoms with E-state index in [1.165, 1.54) is 6.26 Å². The van der Waals surface area contributed by atoms with E-state index in [9.17, 15) is 8.42 Å². The summed E-state index contributed by atoms with van der Waals surface area (Å²) in [6.07, 6.45) is 1.87. The lowest BCUT2D eigenvalue weighted by atomic mass is 10.1. The number of rotatable bonds is 7. The lowest BCUT2D eigenvalue weighted by Gasteiger charge is -2.10. The summed E-state index contributed by atoms with van der Waals surface area (Å²) in [7, 11) is -2.85. The van der Waals surface area contributed by atoms with Crippen LogP contribution in [0, 0.1) is 0 Å². The summed E-state index contributed by atoms with van der Waals surface area (Å²) in [5, 5.41) is 3.09. The normalized spacial score (nSPS) is 13.5. The maximum atomic E-state index is 10.9. The molecule has 17 heavy (non-hydrogen) atoms. The van der Waals surface area contributed by atoms with Gasteiger partial charge in [0.15, 0.2) is 0 Å². The molecule has 0 spiro atoms. The summed E-state index contributed by atoms with van der Waals surface area (Å²) >= 11 is 6.19. The number of benzene rings is 1. The van der Waals surface area contributed by atoms with E-state index < -0.39 is 9.84 Å². The van der Waals surface area contributed by atoms with Crippen LogP contribution in [-0.4, -0.2) is 33.5 Å². The van der Waals surface area contributed by atoms with Crippen LogP contribution in [0.15, 0.2) is 30.3 Å². The van der Waals surface area contributed by atoms with Crippen molar-refractivity contribution in [3.63, 3.8) is 0 Å². The van der Waals surface area contributed by atoms with E-state index in [-0.39, 0.29) is 11.1 Å². The van der Waals surface area contributed by atoms with Gasteiger partial charge < -0.3 is 5.32 Å². The van der Waals surface area contributed by atoms with Gasteiger partial charge in [-0.2, -0.15) is 0 Å². The molecule has 1 unspecified atom stereocenters. The van der Waals surface area contributed by atoms with Gasteiger partial charge in [-0.05, 0) is 18.5 Å². The van der Waals surface area contributed by atoms with Gasteiger partial charge in [0.1, 0.15) is 9.84 Å². The molecule has 0 fully saturated rings. The molecule has 0 aliphatic rings. The van der Waals surface area contributed by atoms with Gasteiger partial charge in [-0.3, -0.25) is 0 Å². The van der Waals surface area contributed by atoms with Crippen LogP contribution in [0.25, 0.3) is 0 Å². The number of hydrogen-bond acceptors (Lipinski definition) is 3. The largest absolute Gasteiger partial charge is 0.315 e. The summed E-state index contributed by atoms with van der Waals surface area (Å²) in [4.78, 5) is 0. The molecule has 1 aromatic carbocycles. The van der Waals surface area contributed by atoms with Crippen LogP contribution in [0.2, 0.25) is 0 Å². The topological polar surface area (TPSA) is 46.2 Å². The van der Waals surface area contributed by atoms with Gasteiger partial charge >= 0.3 is 0 Å². The molecule has 0 aromatic heterocycles. The van der Waals surface area contributed by atoms with Crippen molar-refractivity contribution in [3.05, 3.63) is 35.9 Å². The predicted molar refractivity (Wildman–Crippen MR) is 72.2 cm³/mol. The SMILES string of the molecule is CS(=O)(=O)CCCNCC(Cl)c1ccccc1. The van der Waals surface area contributed by atoms with Gasteiger partial charge in [-0.1, -0.05) is 30.3 Å². The van der Waals surface area contributed by atoms with Gasteiger partial charge in [-0.25, -0.2) is 8.42 Å². The standard InChI is InChI=1S/C12H18ClNO2S/c1-17(15,16)9-5-8-14-10-12(13)11-6-3-2-4-7-11/h2-4,6-7,12,14H,5,8-10H2,1H3. The van der Waals surface area contributed by atoms with Crippen molar-refractivity contribution in [1.29, 1.82) is 0 Å². The van der Waals surface area contributed by atoms with E-state index in [1.54, 1.807) is 0 Å². The molecule has 3 nitrogen and oxygen atoms in total. The Morgan fingerprint density at radius 1 is 1.29 bits per heavy atom. The highest BCUT2D eigenvalue weighted by atomic mass is 35.5. The average molecular weight is 276 g/mol. The van der Waals surface area contributed by atoms with Crippen LogP contribution in [0.4, 0.5) is 0 Å². The maximum Gasteiger partial charge on any atom is 0.147 e. The lowest BCUT2D eigenvalue weighted by Crippen LogP contribution is -2.22. The summed E-state index contributed by atoms with van der Waals surface area (Å²) in [6, 6.07) is 9.82. The molecule has 0 saturated carbocycles. The minimum absolute atomic E-state index is 0.0746. The fourth-order valence-corrected chi connectivity index (χ4v) is 2.39. The monoisotopic (exact) mass is 275 g/mol. The van der Waals surface area contributed by atoms with E-state index >= 15 is 0 Å². The smallest absolute Gasteiger partial charge is 0.147 e. The third-order valence-corrected chi connectivity index (χ3v) is 3.79. The second-order valence-electron chi connectivity index (χ2n) is 4.07. The molecule has 0 saturated heterocycles. The Balaban J connectivity index is 2.19. The molecule has 0 bridgehead atoms. The third kappa shape index (κ3) is 6.66. The Hall–Kier alpha value is -0.580. The Morgan fingerprint density at radius 3 is 2.53 bits per heavy atom. The summed E-state index contributed by atoms with van der Waals surface area (Å²) in [5.41, 5.74) is 1.07. The number of sulfone groups is 1. The van der Waals surface area contributed by atoms with Crippen molar-refractivity contribution >= 4 is 21.4 Å². The van der Waals surface area contributed by atoms with Crippen molar-refractivity contribution in [1.82, 2.24) is 5.32 Å². The Kier molecular flexibility index (Phi) is 5.95. The van der Waals surface area contributed by atoms with Crippen molar-refractivity contribution in [2.75, 3.05) is 25.1 Å². The minimum Gasteiger partial charge on any atom is -0.315 e. The first-order valence-electron chi connectivity index (χ1n) is 5.56. The first-order valence-corrected chi connectivity index (χ1v) is 8.06. The van der Waals surface area contributed by atoms with Crippen molar-refractivity contribution in [3.8, 4) is 0 Å². The molecule has 0 aliphatic carbocycles. The van der Waals surface area contributed by atoms with Crippen LogP contribution in [-0.2, 0) is 9.84 Å². The van der Waals surface area contributed by atoms with Crippen molar-refractivity contribution < 1.29 is 8.42 Å². The molecule has 1 aromatic rings. The fourth-order valence-electron chi connectivity index (χ4n) is 1.47. The molecule has 1 rings (SSSR count). The Bertz CT molecular complexity index is 419. The van der Waals surface area contributed by atoms with Crippen LogP contribution in [0.3, 0.4) is 0 Å². The van der Waals surface area contributed by atoms with Gasteiger partial charge in [0.05, 0.1) is 11.1 Å². The molecular formula is C12H18ClNO2S. The zero-order valence-corrected chi connectivity index (χ0v) is 11.5. The Morgan fingerprint density at radius 2 is 1.94 bits per heavy atom. The quantitative estimate of drug-likeness (QED) is 0.611. The zero-order chi connectivity index (χ0) is 12.7. The van der Waals surface area contributed by atoms with Crippen molar-refractivity contribution in [2.24, 2.45) is 0 Å². The molecule has 0 aliphatic heterocycles. The molecule has 96 valence electrons. The summed E-state index contributed by atoms with van der Waals surface area (Å²) in [5.74, 6) is 0.221. The second kappa shape index (κ2) is 6.99. The van der Waals surface area contributed by atoms with E-state index in [0.717, 1.165) is 5.56 Å². The minimum atomic E-state index is -2.85. The molecule has 0 heterocycles. The molecule has 1 atom stereocenters. The van der Waals surface area contributed by atoms with Crippen LogP contribution in [0.5, 0.6) is 0 Å². The van der Waals surface area contributed by atoms with E-state index in [4.69, 9.17) is 11.6 Å². The predicted octanol–water partition coefficient (Wildman–Crippen LogP) is 1.99. The van der Waals surface area contributed by atoms with Gasteiger partial charge in [-0.15, -0.1) is 11.6 Å². The lowest BCUT2D eigenvalue weighted by molar-refractivity contribution is 0.593. The fraction of sp³-hybridized carbons (Fsp3) is 0.500. The average Bonchev–Trinajstić information content (AvgIpc) is 2.28. The highest BCUT2D eigenvalue weighted by Crippen LogP contribution is 2.18. The number of halogens is 1. The molecular weight excluding hydrogens is 258 g/mol. The van der Waals surface area contributed by atoms with Gasteiger partial charge in [0, 0.05) is 12.8 Å². The highest BCUT2D eigenvalue weighted by molar-refractivity contribution is 7.90. The van der Waals surface area contributed by atoms with E-state index in [2.05, 4.69) is 5.32 Å². The first kappa shape index (κ1) is 14.5. The summed E-state index contributed by atoms with van der Waals surface area (Å²) < 4.78 is 21.8. The van der Waals surface area contributed by atoms with E-state index in [1.807, 2.05) is 30.3 Å². The Labute approximate surface area is 108 Å². The molecule has 0 radical (unpaired) electrons. The summed E-state index contributed by atoms with van der Waals surface area (Å²) in [6.45, 7) is 1.32. The number of hydrogen-bond donors (Lipinski definition) is 1. The zero-order valence-electron chi connectivity index (χ0n) is 9.90. The third-order valence-electron chi connectivity index (χ3n) is 2.35. The second-order valence-corrected chi connectivity index (χ2v) is 6.85. The van der Waals surface area contributed by atoms with Crippen LogP contribution < -0.4 is 5.32 Å². The van der Waals surface area contributed by atoms with Gasteiger partial charge in [0.2, 0.25) is 0 Å². The highest BCUT2D eigenvalue weighted by Gasteiger charge is 2.06. The maximum absolute atomic E-state index is 10.9. The first-order chi connectivity index (χ1) is 7.99.